The number of hydrogen-bond acceptors (Lipinski definition) is 6. The van der Waals surface area contributed by atoms with Crippen LogP contribution >= 0.6 is 0 Å². The molecule has 4 aliphatic rings. The molecule has 1 aromatic rings. The molecule has 2 aliphatic heterocycles. The normalized spacial score (nSPS) is 44.3. The van der Waals surface area contributed by atoms with Gasteiger partial charge < -0.3 is 19.7 Å². The quantitative estimate of drug-likeness (QED) is 0.760. The van der Waals surface area contributed by atoms with E-state index < -0.39 is 23.2 Å². The predicted molar refractivity (Wildman–Crippen MR) is 89.0 cm³/mol. The summed E-state index contributed by atoms with van der Waals surface area (Å²) in [5.41, 5.74) is -0.379. The summed E-state index contributed by atoms with van der Waals surface area (Å²) in [6.07, 6.45) is -1.32. The van der Waals surface area contributed by atoms with Gasteiger partial charge in [0.1, 0.15) is 5.60 Å². The van der Waals surface area contributed by atoms with Crippen molar-refractivity contribution in [3.8, 4) is 11.5 Å². The second-order valence-corrected chi connectivity index (χ2v) is 8.07. The maximum atomic E-state index is 12.8. The van der Waals surface area contributed by atoms with E-state index in [9.17, 15) is 15.0 Å². The molecule has 2 aliphatic carbocycles. The van der Waals surface area contributed by atoms with Crippen molar-refractivity contribution >= 4 is 5.78 Å². The number of Topliss-reactive ketones (excluding diaryl/α,β-unsaturated/α-hetero) is 1. The monoisotopic (exact) mass is 345 g/mol. The summed E-state index contributed by atoms with van der Waals surface area (Å²) in [5.74, 6) is 0.964. The highest BCUT2D eigenvalue weighted by molar-refractivity contribution is 5.91. The maximum Gasteiger partial charge on any atom is 0.177 e. The van der Waals surface area contributed by atoms with Gasteiger partial charge in [-0.3, -0.25) is 9.69 Å². The minimum Gasteiger partial charge on any atom is -0.493 e. The highest BCUT2D eigenvalue weighted by Crippen LogP contribution is 2.66. The Morgan fingerprint density at radius 3 is 2.84 bits per heavy atom. The zero-order valence-corrected chi connectivity index (χ0v) is 14.7. The Morgan fingerprint density at radius 1 is 1.36 bits per heavy atom. The van der Waals surface area contributed by atoms with E-state index >= 15 is 0 Å². The summed E-state index contributed by atoms with van der Waals surface area (Å²) in [7, 11) is 3.56. The summed E-state index contributed by atoms with van der Waals surface area (Å²) in [5, 5.41) is 22.8. The Hall–Kier alpha value is -1.63. The van der Waals surface area contributed by atoms with Gasteiger partial charge in [0, 0.05) is 24.6 Å². The number of carbonyl (C=O) groups excluding carboxylic acids is 1. The molecule has 6 heteroatoms. The second-order valence-electron chi connectivity index (χ2n) is 8.07. The molecule has 1 saturated heterocycles. The highest BCUT2D eigenvalue weighted by Gasteiger charge is 2.77. The van der Waals surface area contributed by atoms with Crippen LogP contribution in [-0.4, -0.2) is 65.4 Å². The number of aliphatic hydroxyl groups is 2. The van der Waals surface area contributed by atoms with E-state index in [2.05, 4.69) is 4.90 Å². The highest BCUT2D eigenvalue weighted by atomic mass is 16.5. The summed E-state index contributed by atoms with van der Waals surface area (Å²) in [4.78, 5) is 15.0. The van der Waals surface area contributed by atoms with Crippen molar-refractivity contribution in [3.63, 3.8) is 0 Å². The van der Waals surface area contributed by atoms with Crippen LogP contribution in [0, 0.1) is 5.92 Å². The van der Waals surface area contributed by atoms with Crippen LogP contribution in [0.3, 0.4) is 0 Å². The Balaban J connectivity index is 1.91. The molecule has 0 aromatic heterocycles. The molecule has 1 saturated carbocycles. The molecule has 2 heterocycles. The first kappa shape index (κ1) is 15.6. The molecular formula is C19H23NO5. The van der Waals surface area contributed by atoms with E-state index in [1.54, 1.807) is 7.11 Å². The number of piperidine rings is 1. The largest absolute Gasteiger partial charge is 0.493 e. The van der Waals surface area contributed by atoms with E-state index in [1.807, 2.05) is 26.1 Å². The first-order valence-corrected chi connectivity index (χ1v) is 8.87. The maximum absolute atomic E-state index is 12.8. The lowest BCUT2D eigenvalue weighted by molar-refractivity contribution is -0.240. The molecule has 2 N–H and O–H groups in total. The first-order valence-electron chi connectivity index (χ1n) is 8.87. The van der Waals surface area contributed by atoms with Crippen molar-refractivity contribution in [1.82, 2.24) is 4.90 Å². The Bertz CT molecular complexity index is 794. The summed E-state index contributed by atoms with van der Waals surface area (Å²) < 4.78 is 11.6. The van der Waals surface area contributed by atoms with E-state index in [4.69, 9.17) is 9.47 Å². The van der Waals surface area contributed by atoms with Crippen LogP contribution in [0.15, 0.2) is 12.1 Å². The molecule has 0 radical (unpaired) electrons. The lowest BCUT2D eigenvalue weighted by Gasteiger charge is -2.65. The van der Waals surface area contributed by atoms with Gasteiger partial charge in [-0.2, -0.15) is 0 Å². The molecule has 5 rings (SSSR count). The lowest BCUT2D eigenvalue weighted by Crippen LogP contribution is -2.82. The van der Waals surface area contributed by atoms with Crippen molar-refractivity contribution in [2.45, 2.75) is 49.0 Å². The second kappa shape index (κ2) is 4.55. The average molecular weight is 345 g/mol. The molecule has 6 nitrogen and oxygen atoms in total. The number of aliphatic hydroxyl groups excluding tert-OH is 1. The summed E-state index contributed by atoms with van der Waals surface area (Å²) in [6, 6.07) is 3.63. The van der Waals surface area contributed by atoms with Gasteiger partial charge in [0.05, 0.1) is 18.6 Å². The fourth-order valence-electron chi connectivity index (χ4n) is 6.26. The summed E-state index contributed by atoms with van der Waals surface area (Å²) >= 11 is 0. The molecule has 134 valence electrons. The molecule has 2 fully saturated rings. The fraction of sp³-hybridized carbons (Fsp3) is 0.632. The van der Waals surface area contributed by atoms with Crippen molar-refractivity contribution in [1.29, 1.82) is 0 Å². The van der Waals surface area contributed by atoms with E-state index in [0.29, 0.717) is 17.9 Å². The number of rotatable bonds is 1. The van der Waals surface area contributed by atoms with Gasteiger partial charge >= 0.3 is 0 Å². The standard InChI is InChI=1S/C19H23NO5/c1-9-8-20(2)13-6-10-4-5-12(24-3)16-15(10)18(9)17(25-16)11(21)7-14(22)19(13,18)23/h4-5,9,13-14,17,22-23H,6-8H2,1-3H3/t9-,13+,14-,17-,18-,19-/m0/s1. The Kier molecular flexibility index (Phi) is 2.84. The molecule has 0 amide bonds. The molecule has 1 spiro atoms. The number of methoxy groups -OCH3 is 1. The van der Waals surface area contributed by atoms with Gasteiger partial charge in [0.15, 0.2) is 23.4 Å². The van der Waals surface area contributed by atoms with Gasteiger partial charge in [-0.05, 0) is 31.0 Å². The minimum atomic E-state index is -1.41. The average Bonchev–Trinajstić information content (AvgIpc) is 2.94. The SMILES string of the molecule is COc1ccc2c3c1O[C@H]1C(=O)C[C@H](O)[C@@]4(O)[C@@H](C2)N(C)C[C@H](C)[C@]314. The number of ether oxygens (including phenoxy) is 2. The molecule has 1 aromatic carbocycles. The van der Waals surface area contributed by atoms with Crippen molar-refractivity contribution in [2.75, 3.05) is 20.7 Å². The van der Waals surface area contributed by atoms with Crippen molar-refractivity contribution in [2.24, 2.45) is 5.92 Å². The van der Waals surface area contributed by atoms with Gasteiger partial charge in [-0.15, -0.1) is 0 Å². The number of nitrogens with zero attached hydrogens (tertiary/aromatic N) is 1. The lowest BCUT2D eigenvalue weighted by atomic mass is 9.45. The van der Waals surface area contributed by atoms with E-state index in [0.717, 1.165) is 17.7 Å². The van der Waals surface area contributed by atoms with Crippen LogP contribution in [0.5, 0.6) is 11.5 Å². The van der Waals surface area contributed by atoms with Gasteiger partial charge in [0.25, 0.3) is 0 Å². The zero-order valence-electron chi connectivity index (χ0n) is 14.7. The van der Waals surface area contributed by atoms with Crippen LogP contribution in [0.2, 0.25) is 0 Å². The van der Waals surface area contributed by atoms with Crippen LogP contribution in [0.4, 0.5) is 0 Å². The third-order valence-corrected chi connectivity index (χ3v) is 7.14. The summed E-state index contributed by atoms with van der Waals surface area (Å²) in [6.45, 7) is 2.78. The van der Waals surface area contributed by atoms with Gasteiger partial charge in [-0.1, -0.05) is 13.0 Å². The Labute approximate surface area is 146 Å². The van der Waals surface area contributed by atoms with Gasteiger partial charge in [-0.25, -0.2) is 0 Å². The molecule has 2 bridgehead atoms. The third kappa shape index (κ3) is 1.44. The Morgan fingerprint density at radius 2 is 2.12 bits per heavy atom. The van der Waals surface area contributed by atoms with Gasteiger partial charge in [0.2, 0.25) is 0 Å². The van der Waals surface area contributed by atoms with E-state index in [1.165, 1.54) is 0 Å². The molecular weight excluding hydrogens is 322 g/mol. The number of likely N-dealkylation sites (N-methyl/N-ethyl adjacent to an activating group) is 1. The van der Waals surface area contributed by atoms with Crippen LogP contribution in [-0.2, 0) is 16.6 Å². The zero-order chi connectivity index (χ0) is 17.7. The molecule has 6 atom stereocenters. The predicted octanol–water partition coefficient (Wildman–Crippen LogP) is 0.265. The fourth-order valence-corrected chi connectivity index (χ4v) is 6.26. The molecule has 25 heavy (non-hydrogen) atoms. The number of likely N-dealkylation sites (tertiary alicyclic amines) is 1. The van der Waals surface area contributed by atoms with Crippen LogP contribution < -0.4 is 9.47 Å². The number of benzene rings is 1. The number of carbonyl (C=O) groups is 1. The third-order valence-electron chi connectivity index (χ3n) is 7.14. The van der Waals surface area contributed by atoms with Crippen molar-refractivity contribution in [3.05, 3.63) is 23.3 Å². The topological polar surface area (TPSA) is 79.2 Å². The first-order chi connectivity index (χ1) is 11.9. The van der Waals surface area contributed by atoms with Crippen LogP contribution in [0.1, 0.15) is 24.5 Å². The molecule has 0 unspecified atom stereocenters. The number of hydrogen-bond donors (Lipinski definition) is 2. The minimum absolute atomic E-state index is 0.0462. The number of ketones is 1. The van der Waals surface area contributed by atoms with E-state index in [-0.39, 0.29) is 24.2 Å². The van der Waals surface area contributed by atoms with Crippen molar-refractivity contribution < 1.29 is 24.5 Å². The van der Waals surface area contributed by atoms with Crippen LogP contribution in [0.25, 0.3) is 0 Å². The smallest absolute Gasteiger partial charge is 0.177 e.